The van der Waals surface area contributed by atoms with Crippen molar-refractivity contribution in [2.75, 3.05) is 72.2 Å². The monoisotopic (exact) mass is 845 g/mol. The second-order valence-electron chi connectivity index (χ2n) is 20.5. The minimum Gasteiger partial charge on any atom is -0.381 e. The number of piperidine rings is 2. The van der Waals surface area contributed by atoms with Gasteiger partial charge in [-0.25, -0.2) is 0 Å². The van der Waals surface area contributed by atoms with E-state index < -0.39 is 0 Å². The first-order valence-electron chi connectivity index (χ1n) is 24.8. The number of carbonyl (C=O) groups excluding carboxylic acids is 2. The number of hydrogen-bond acceptors (Lipinski definition) is 6. The average molecular weight is 845 g/mol. The SMILES string of the molecule is CC1CCN(C(=O)c2ccc3c(c2)c2c(n3CC3CCOCC3)CCN(CC3CC3)C2)CC1.CC1CCN(C(=O)c2ccc3c(c2)c2c(n3CC3CCOCC3)CCNC2)CC1. The van der Waals surface area contributed by atoms with E-state index in [0.717, 1.165) is 178 Å². The lowest BCUT2D eigenvalue weighted by atomic mass is 9.98. The summed E-state index contributed by atoms with van der Waals surface area (Å²) in [5, 5.41) is 6.14. The summed E-state index contributed by atoms with van der Waals surface area (Å²) in [4.78, 5) is 33.3. The molecule has 334 valence electrons. The van der Waals surface area contributed by atoms with Crippen LogP contribution in [-0.4, -0.2) is 108 Å². The zero-order valence-electron chi connectivity index (χ0n) is 37.8. The van der Waals surface area contributed by atoms with Crippen LogP contribution in [0.3, 0.4) is 0 Å². The van der Waals surface area contributed by atoms with Gasteiger partial charge in [-0.2, -0.15) is 0 Å². The predicted octanol–water partition coefficient (Wildman–Crippen LogP) is 8.29. The first-order valence-corrected chi connectivity index (χ1v) is 24.8. The van der Waals surface area contributed by atoms with E-state index in [0.29, 0.717) is 11.8 Å². The molecule has 0 unspecified atom stereocenters. The standard InChI is InChI=1S/C28H39N3O2.C24H33N3O2/c1-20-6-12-30(13-7-20)28(32)23-4-5-26-24(16-23)25-19-29(17-21-2-3-21)11-8-27(25)31(26)18-22-9-14-33-15-10-22;1-17-5-10-26(11-6-17)24(28)19-2-3-22-20(14-19)21-15-25-9-4-23(21)27(22)16-18-7-12-29-13-8-18/h4-5,16,20-22H,2-3,6-15,17-19H2,1H3;2-3,14,17-18,25H,4-13,15-16H2,1H3. The molecule has 11 rings (SSSR count). The van der Waals surface area contributed by atoms with Crippen molar-refractivity contribution < 1.29 is 19.1 Å². The van der Waals surface area contributed by atoms with Crippen LogP contribution >= 0.6 is 0 Å². The van der Waals surface area contributed by atoms with Crippen molar-refractivity contribution in [3.8, 4) is 0 Å². The molecule has 2 amide bonds. The van der Waals surface area contributed by atoms with Gasteiger partial charge in [0, 0.05) is 156 Å². The number of ether oxygens (including phenoxy) is 2. The van der Waals surface area contributed by atoms with Crippen molar-refractivity contribution in [3.05, 3.63) is 70.0 Å². The molecule has 7 aliphatic rings. The van der Waals surface area contributed by atoms with Gasteiger partial charge in [-0.15, -0.1) is 0 Å². The summed E-state index contributed by atoms with van der Waals surface area (Å²) in [5.74, 6) is 4.20. The average Bonchev–Trinajstić information content (AvgIpc) is 4.02. The Morgan fingerprint density at radius 3 is 1.58 bits per heavy atom. The fourth-order valence-corrected chi connectivity index (χ4v) is 11.6. The molecule has 0 bridgehead atoms. The molecule has 2 aromatic heterocycles. The molecule has 8 heterocycles. The molecule has 1 N–H and O–H groups in total. The van der Waals surface area contributed by atoms with Crippen LogP contribution in [0.4, 0.5) is 0 Å². The summed E-state index contributed by atoms with van der Waals surface area (Å²) in [7, 11) is 0. The third-order valence-electron chi connectivity index (χ3n) is 15.9. The van der Waals surface area contributed by atoms with Gasteiger partial charge in [0.1, 0.15) is 0 Å². The topological polar surface area (TPSA) is 84.2 Å². The first kappa shape index (κ1) is 42.3. The zero-order chi connectivity index (χ0) is 42.2. The lowest BCUT2D eigenvalue weighted by Gasteiger charge is -2.30. The van der Waals surface area contributed by atoms with Gasteiger partial charge in [0.25, 0.3) is 11.8 Å². The van der Waals surface area contributed by atoms with Gasteiger partial charge in [0.2, 0.25) is 0 Å². The number of fused-ring (bicyclic) bond motifs is 6. The van der Waals surface area contributed by atoms with E-state index in [4.69, 9.17) is 9.47 Å². The molecule has 10 nitrogen and oxygen atoms in total. The van der Waals surface area contributed by atoms with Gasteiger partial charge >= 0.3 is 0 Å². The Kier molecular flexibility index (Phi) is 12.8. The van der Waals surface area contributed by atoms with Gasteiger partial charge in [0.15, 0.2) is 0 Å². The van der Waals surface area contributed by atoms with Crippen LogP contribution < -0.4 is 5.32 Å². The van der Waals surface area contributed by atoms with Crippen LogP contribution in [0, 0.1) is 29.6 Å². The van der Waals surface area contributed by atoms with E-state index in [2.05, 4.69) is 74.5 Å². The van der Waals surface area contributed by atoms with Crippen molar-refractivity contribution in [2.24, 2.45) is 29.6 Å². The molecule has 4 saturated heterocycles. The highest BCUT2D eigenvalue weighted by atomic mass is 16.5. The van der Waals surface area contributed by atoms with E-state index in [-0.39, 0.29) is 11.8 Å². The van der Waals surface area contributed by atoms with Gasteiger partial charge in [-0.1, -0.05) is 13.8 Å². The molecule has 5 fully saturated rings. The molecule has 6 aliphatic heterocycles. The number of carbonyl (C=O) groups is 2. The lowest BCUT2D eigenvalue weighted by Crippen LogP contribution is -2.37. The number of aromatic nitrogens is 2. The normalized spacial score (nSPS) is 22.4. The number of nitrogens with zero attached hydrogens (tertiary/aromatic N) is 5. The van der Waals surface area contributed by atoms with E-state index in [9.17, 15) is 9.59 Å². The molecule has 62 heavy (non-hydrogen) atoms. The Labute approximate surface area is 369 Å². The minimum atomic E-state index is 0.202. The van der Waals surface area contributed by atoms with Crippen molar-refractivity contribution in [1.29, 1.82) is 0 Å². The maximum atomic E-state index is 13.4. The minimum absolute atomic E-state index is 0.202. The number of amides is 2. The van der Waals surface area contributed by atoms with E-state index in [1.54, 1.807) is 0 Å². The number of benzene rings is 2. The molecule has 4 aromatic rings. The first-order chi connectivity index (χ1) is 30.4. The summed E-state index contributed by atoms with van der Waals surface area (Å²) in [6.07, 6.45) is 14.1. The van der Waals surface area contributed by atoms with E-state index >= 15 is 0 Å². The fraction of sp³-hybridized carbons (Fsp3) is 0.654. The van der Waals surface area contributed by atoms with Gasteiger partial charge in [-0.3, -0.25) is 14.5 Å². The van der Waals surface area contributed by atoms with Crippen LogP contribution in [0.2, 0.25) is 0 Å². The largest absolute Gasteiger partial charge is 0.381 e. The molecule has 0 spiro atoms. The smallest absolute Gasteiger partial charge is 0.253 e. The highest BCUT2D eigenvalue weighted by Crippen LogP contribution is 2.37. The second kappa shape index (κ2) is 18.8. The molecule has 0 atom stereocenters. The third-order valence-corrected chi connectivity index (χ3v) is 15.9. The molecule has 0 radical (unpaired) electrons. The number of rotatable bonds is 8. The highest BCUT2D eigenvalue weighted by Gasteiger charge is 2.32. The fourth-order valence-electron chi connectivity index (χ4n) is 11.6. The highest BCUT2D eigenvalue weighted by molar-refractivity contribution is 6.00. The molecular formula is C52H72N6O4. The molecule has 1 saturated carbocycles. The Bertz CT molecular complexity index is 2210. The predicted molar refractivity (Wildman–Crippen MR) is 247 cm³/mol. The summed E-state index contributed by atoms with van der Waals surface area (Å²) in [5.41, 5.74) is 10.3. The Morgan fingerprint density at radius 2 is 1.06 bits per heavy atom. The van der Waals surface area contributed by atoms with Crippen LogP contribution in [0.15, 0.2) is 36.4 Å². The second-order valence-corrected chi connectivity index (χ2v) is 20.5. The maximum absolute atomic E-state index is 13.4. The van der Waals surface area contributed by atoms with Crippen molar-refractivity contribution in [2.45, 2.75) is 117 Å². The third kappa shape index (κ3) is 9.13. The Balaban J connectivity index is 0.000000149. The number of likely N-dealkylation sites (tertiary alicyclic amines) is 2. The zero-order valence-corrected chi connectivity index (χ0v) is 37.8. The molecule has 10 heteroatoms. The van der Waals surface area contributed by atoms with Crippen molar-refractivity contribution in [3.63, 3.8) is 0 Å². The summed E-state index contributed by atoms with van der Waals surface area (Å²) in [6.45, 7) is 19.3. The van der Waals surface area contributed by atoms with Gasteiger partial charge in [-0.05, 0) is 141 Å². The lowest BCUT2D eigenvalue weighted by molar-refractivity contribution is 0.0612. The summed E-state index contributed by atoms with van der Waals surface area (Å²) in [6, 6.07) is 13.0. The number of hydrogen-bond donors (Lipinski definition) is 1. The van der Waals surface area contributed by atoms with Crippen molar-refractivity contribution in [1.82, 2.24) is 29.2 Å². The maximum Gasteiger partial charge on any atom is 0.253 e. The Hall–Kier alpha value is -3.70. The molecular weight excluding hydrogens is 773 g/mol. The van der Waals surface area contributed by atoms with Crippen LogP contribution in [0.1, 0.15) is 121 Å². The summed E-state index contributed by atoms with van der Waals surface area (Å²) < 4.78 is 16.4. The molecule has 2 aromatic carbocycles. The van der Waals surface area contributed by atoms with Gasteiger partial charge in [0.05, 0.1) is 0 Å². The molecule has 1 aliphatic carbocycles. The summed E-state index contributed by atoms with van der Waals surface area (Å²) >= 11 is 0. The Morgan fingerprint density at radius 1 is 0.581 bits per heavy atom. The van der Waals surface area contributed by atoms with E-state index in [1.807, 2.05) is 4.90 Å². The van der Waals surface area contributed by atoms with Gasteiger partial charge < -0.3 is 33.7 Å². The number of nitrogens with one attached hydrogen (secondary N) is 1. The van der Waals surface area contributed by atoms with Crippen LogP contribution in [0.5, 0.6) is 0 Å². The van der Waals surface area contributed by atoms with Crippen molar-refractivity contribution >= 4 is 33.6 Å². The van der Waals surface area contributed by atoms with Crippen LogP contribution in [-0.2, 0) is 48.5 Å². The van der Waals surface area contributed by atoms with E-state index in [1.165, 1.54) is 70.3 Å². The van der Waals surface area contributed by atoms with Crippen LogP contribution in [0.25, 0.3) is 21.8 Å². The quantitative estimate of drug-likeness (QED) is 0.192.